The van der Waals surface area contributed by atoms with Crippen molar-refractivity contribution in [1.29, 1.82) is 0 Å². The second kappa shape index (κ2) is 4.00. The van der Waals surface area contributed by atoms with Gasteiger partial charge in [0.2, 0.25) is 0 Å². The van der Waals surface area contributed by atoms with E-state index in [9.17, 15) is 8.42 Å². The molecule has 0 aliphatic heterocycles. The maximum atomic E-state index is 10.3. The van der Waals surface area contributed by atoms with Gasteiger partial charge in [-0.15, -0.1) is 18.3 Å². The van der Waals surface area contributed by atoms with Crippen LogP contribution in [0.25, 0.3) is 0 Å². The summed E-state index contributed by atoms with van der Waals surface area (Å²) >= 11 is 1.13. The summed E-state index contributed by atoms with van der Waals surface area (Å²) in [7, 11) is -3.86. The fraction of sp³-hybridized carbons (Fsp3) is 0.600. The van der Waals surface area contributed by atoms with Crippen molar-refractivity contribution < 1.29 is 13.0 Å². The summed E-state index contributed by atoms with van der Waals surface area (Å²) < 4.78 is 28.3. The van der Waals surface area contributed by atoms with Gasteiger partial charge in [0, 0.05) is 5.75 Å². The van der Waals surface area contributed by atoms with E-state index in [-0.39, 0.29) is 0 Å². The van der Waals surface area contributed by atoms with Crippen molar-refractivity contribution in [3.63, 3.8) is 0 Å². The van der Waals surface area contributed by atoms with Crippen molar-refractivity contribution in [3.8, 4) is 0 Å². The molecular weight excluding hydrogens is 172 g/mol. The fourth-order valence-electron chi connectivity index (χ4n) is 0.290. The van der Waals surface area contributed by atoms with E-state index in [1.54, 1.807) is 6.08 Å². The highest BCUT2D eigenvalue weighted by Crippen LogP contribution is 2.14. The molecule has 0 fully saturated rings. The predicted octanol–water partition coefficient (Wildman–Crippen LogP) is 1.14. The minimum Gasteiger partial charge on any atom is -0.285 e. The molecule has 0 spiro atoms. The molecular formula is C5H10O3S2. The number of rotatable bonds is 4. The van der Waals surface area contributed by atoms with Crippen LogP contribution < -0.4 is 0 Å². The Kier molecular flexibility index (Phi) is 4.00. The molecule has 1 unspecified atom stereocenters. The summed E-state index contributed by atoms with van der Waals surface area (Å²) in [5.41, 5.74) is 0. The van der Waals surface area contributed by atoms with Gasteiger partial charge < -0.3 is 0 Å². The predicted molar refractivity (Wildman–Crippen MR) is 43.7 cm³/mol. The highest BCUT2D eigenvalue weighted by Gasteiger charge is 2.15. The Morgan fingerprint density at radius 1 is 1.80 bits per heavy atom. The number of hydrogen-bond donors (Lipinski definition) is 1. The second-order valence-electron chi connectivity index (χ2n) is 1.70. The van der Waals surface area contributed by atoms with Crippen LogP contribution in [0.5, 0.6) is 0 Å². The average molecular weight is 182 g/mol. The Hall–Kier alpha value is -0.0000000000000000763. The molecule has 0 saturated heterocycles. The van der Waals surface area contributed by atoms with Crippen molar-refractivity contribution >= 4 is 21.9 Å². The van der Waals surface area contributed by atoms with Crippen molar-refractivity contribution in [1.82, 2.24) is 0 Å². The Morgan fingerprint density at radius 2 is 2.30 bits per heavy atom. The molecule has 1 atom stereocenters. The minimum atomic E-state index is -3.86. The summed E-state index contributed by atoms with van der Waals surface area (Å²) in [6.07, 6.45) is 1.59. The molecule has 10 heavy (non-hydrogen) atoms. The van der Waals surface area contributed by atoms with Gasteiger partial charge in [0.25, 0.3) is 10.1 Å². The first kappa shape index (κ1) is 10.0. The molecule has 0 aromatic carbocycles. The lowest BCUT2D eigenvalue weighted by molar-refractivity contribution is 0.482. The highest BCUT2D eigenvalue weighted by atomic mass is 32.3. The lowest BCUT2D eigenvalue weighted by atomic mass is 10.8. The van der Waals surface area contributed by atoms with Gasteiger partial charge in [0.1, 0.15) is 4.58 Å². The molecule has 0 saturated carbocycles. The van der Waals surface area contributed by atoms with E-state index in [0.29, 0.717) is 5.75 Å². The third-order valence-electron chi connectivity index (χ3n) is 0.868. The SMILES string of the molecule is C=CCSC(C)S(=O)(=O)O. The van der Waals surface area contributed by atoms with Crippen LogP contribution in [0.3, 0.4) is 0 Å². The van der Waals surface area contributed by atoms with Crippen LogP contribution in [0.15, 0.2) is 12.7 Å². The zero-order valence-electron chi connectivity index (χ0n) is 5.65. The molecule has 3 nitrogen and oxygen atoms in total. The first-order valence-electron chi connectivity index (χ1n) is 2.67. The van der Waals surface area contributed by atoms with Gasteiger partial charge >= 0.3 is 0 Å². The standard InChI is InChI=1S/C5H10O3S2/c1-3-4-9-5(2)10(6,7)8/h3,5H,1,4H2,2H3,(H,6,7,8). The van der Waals surface area contributed by atoms with E-state index in [0.717, 1.165) is 11.8 Å². The molecule has 0 amide bonds. The Labute approximate surface area is 65.3 Å². The summed E-state index contributed by atoms with van der Waals surface area (Å²) in [5, 5.41) is 0. The molecule has 0 aromatic heterocycles. The van der Waals surface area contributed by atoms with Crippen LogP contribution in [0.1, 0.15) is 6.92 Å². The van der Waals surface area contributed by atoms with Crippen LogP contribution in [-0.4, -0.2) is 23.3 Å². The maximum Gasteiger partial charge on any atom is 0.276 e. The zero-order chi connectivity index (χ0) is 8.20. The molecule has 0 bridgehead atoms. The Balaban J connectivity index is 3.86. The summed E-state index contributed by atoms with van der Waals surface area (Å²) in [5.74, 6) is 0.529. The lowest BCUT2D eigenvalue weighted by Crippen LogP contribution is -2.12. The summed E-state index contributed by atoms with van der Waals surface area (Å²) in [6.45, 7) is 4.85. The third-order valence-corrected chi connectivity index (χ3v) is 3.74. The molecule has 1 N–H and O–H groups in total. The van der Waals surface area contributed by atoms with E-state index in [1.165, 1.54) is 6.92 Å². The van der Waals surface area contributed by atoms with Crippen molar-refractivity contribution in [2.75, 3.05) is 5.75 Å². The van der Waals surface area contributed by atoms with Gasteiger partial charge in [-0.25, -0.2) is 0 Å². The molecule has 0 radical (unpaired) electrons. The van der Waals surface area contributed by atoms with Crippen molar-refractivity contribution in [2.24, 2.45) is 0 Å². The van der Waals surface area contributed by atoms with Gasteiger partial charge in [-0.1, -0.05) is 6.08 Å². The first-order valence-corrected chi connectivity index (χ1v) is 5.22. The quantitative estimate of drug-likeness (QED) is 0.523. The van der Waals surface area contributed by atoms with Gasteiger partial charge in [-0.2, -0.15) is 8.42 Å². The van der Waals surface area contributed by atoms with Crippen LogP contribution >= 0.6 is 11.8 Å². The van der Waals surface area contributed by atoms with Crippen LogP contribution in [0, 0.1) is 0 Å². The van der Waals surface area contributed by atoms with Gasteiger partial charge in [0.05, 0.1) is 0 Å². The third kappa shape index (κ3) is 3.92. The van der Waals surface area contributed by atoms with E-state index >= 15 is 0 Å². The van der Waals surface area contributed by atoms with Crippen LogP contribution in [0.2, 0.25) is 0 Å². The molecule has 5 heteroatoms. The zero-order valence-corrected chi connectivity index (χ0v) is 7.28. The Morgan fingerprint density at radius 3 is 2.60 bits per heavy atom. The largest absolute Gasteiger partial charge is 0.285 e. The summed E-state index contributed by atoms with van der Waals surface area (Å²) in [6, 6.07) is 0. The Bertz CT molecular complexity index is 195. The van der Waals surface area contributed by atoms with Crippen LogP contribution in [0.4, 0.5) is 0 Å². The molecule has 0 rings (SSSR count). The van der Waals surface area contributed by atoms with Crippen LogP contribution in [-0.2, 0) is 10.1 Å². The molecule has 0 aliphatic rings. The molecule has 0 heterocycles. The van der Waals surface area contributed by atoms with Gasteiger partial charge in [0.15, 0.2) is 0 Å². The highest BCUT2D eigenvalue weighted by molar-refractivity contribution is 8.11. The average Bonchev–Trinajstić information content (AvgIpc) is 1.80. The monoisotopic (exact) mass is 182 g/mol. The first-order chi connectivity index (χ1) is 4.48. The minimum absolute atomic E-state index is 0.529. The van der Waals surface area contributed by atoms with Crippen molar-refractivity contribution in [3.05, 3.63) is 12.7 Å². The van der Waals surface area contributed by atoms with Gasteiger partial charge in [-0.3, -0.25) is 4.55 Å². The van der Waals surface area contributed by atoms with E-state index in [2.05, 4.69) is 6.58 Å². The number of hydrogen-bond acceptors (Lipinski definition) is 3. The lowest BCUT2D eigenvalue weighted by Gasteiger charge is -2.03. The number of thioether (sulfide) groups is 1. The van der Waals surface area contributed by atoms with Gasteiger partial charge in [-0.05, 0) is 6.92 Å². The molecule has 0 aromatic rings. The smallest absolute Gasteiger partial charge is 0.276 e. The fourth-order valence-corrected chi connectivity index (χ4v) is 1.62. The molecule has 0 aliphatic carbocycles. The van der Waals surface area contributed by atoms with Crippen molar-refractivity contribution in [2.45, 2.75) is 11.5 Å². The normalized spacial score (nSPS) is 14.6. The maximum absolute atomic E-state index is 10.3. The van der Waals surface area contributed by atoms with E-state index in [1.807, 2.05) is 0 Å². The van der Waals surface area contributed by atoms with E-state index < -0.39 is 14.7 Å². The molecule has 60 valence electrons. The summed E-state index contributed by atoms with van der Waals surface area (Å²) in [4.78, 5) is 0. The van der Waals surface area contributed by atoms with E-state index in [4.69, 9.17) is 4.55 Å². The second-order valence-corrected chi connectivity index (χ2v) is 5.11. The topological polar surface area (TPSA) is 54.4 Å².